The van der Waals surface area contributed by atoms with Gasteiger partial charge in [0.25, 0.3) is 0 Å². The Bertz CT molecular complexity index is 1360. The maximum absolute atomic E-state index is 13.6. The van der Waals surface area contributed by atoms with E-state index >= 15 is 0 Å². The van der Waals surface area contributed by atoms with Crippen molar-refractivity contribution in [3.63, 3.8) is 0 Å². The Kier molecular flexibility index (Phi) is 5.83. The lowest BCUT2D eigenvalue weighted by molar-refractivity contribution is 0.101. The third-order valence-electron chi connectivity index (χ3n) is 6.75. The molecular weight excluding hydrogens is 463 g/mol. The number of carbonyl (C=O) groups is 1. The van der Waals surface area contributed by atoms with Crippen LogP contribution in [0.4, 0.5) is 4.39 Å². The number of carbonyl (C=O) groups excluding carboxylic acids is 1. The normalized spacial score (nSPS) is 18.5. The zero-order valence-electron chi connectivity index (χ0n) is 19.6. The highest BCUT2D eigenvalue weighted by Crippen LogP contribution is 2.40. The van der Waals surface area contributed by atoms with Gasteiger partial charge in [-0.3, -0.25) is 14.6 Å². The molecule has 3 aromatic rings. The standard InChI is InChI=1S/C28H25FN2O5/c29-20-3-1-2-18(12-20)13-26-27(33)21-5-6-23(32)22(28(21)36-26)16-31-10-8-30(9-11-31)15-19-4-7-24-25(14-19)35-17-34-24/h1-7,12-14,32H,8-11,15-17H2/b26-13-. The molecule has 3 heterocycles. The average molecular weight is 489 g/mol. The highest BCUT2D eigenvalue weighted by molar-refractivity contribution is 6.15. The lowest BCUT2D eigenvalue weighted by Gasteiger charge is -2.35. The van der Waals surface area contributed by atoms with Gasteiger partial charge in [0.1, 0.15) is 17.3 Å². The molecule has 7 nitrogen and oxygen atoms in total. The lowest BCUT2D eigenvalue weighted by atomic mass is 10.0. The largest absolute Gasteiger partial charge is 0.507 e. The molecule has 0 radical (unpaired) electrons. The molecule has 0 atom stereocenters. The number of ketones is 1. The van der Waals surface area contributed by atoms with E-state index in [0.29, 0.717) is 29.0 Å². The van der Waals surface area contributed by atoms with Crippen LogP contribution in [0.3, 0.4) is 0 Å². The van der Waals surface area contributed by atoms with Crippen molar-refractivity contribution in [1.82, 2.24) is 9.80 Å². The van der Waals surface area contributed by atoms with Crippen molar-refractivity contribution in [2.24, 2.45) is 0 Å². The molecule has 8 heteroatoms. The van der Waals surface area contributed by atoms with Crippen LogP contribution in [0, 0.1) is 5.82 Å². The van der Waals surface area contributed by atoms with Gasteiger partial charge in [-0.25, -0.2) is 4.39 Å². The van der Waals surface area contributed by atoms with Crippen LogP contribution in [0.2, 0.25) is 0 Å². The molecule has 184 valence electrons. The molecule has 0 unspecified atom stereocenters. The number of phenolic OH excluding ortho intramolecular Hbond substituents is 1. The fourth-order valence-corrected chi connectivity index (χ4v) is 4.82. The van der Waals surface area contributed by atoms with Crippen molar-refractivity contribution in [3.05, 3.63) is 88.4 Å². The van der Waals surface area contributed by atoms with E-state index in [4.69, 9.17) is 14.2 Å². The summed E-state index contributed by atoms with van der Waals surface area (Å²) < 4.78 is 30.4. The first-order valence-corrected chi connectivity index (χ1v) is 11.9. The van der Waals surface area contributed by atoms with Crippen LogP contribution in [0.5, 0.6) is 23.0 Å². The van der Waals surface area contributed by atoms with Gasteiger partial charge in [0, 0.05) is 39.3 Å². The summed E-state index contributed by atoms with van der Waals surface area (Å²) in [5.74, 6) is 1.51. The van der Waals surface area contributed by atoms with Gasteiger partial charge in [0.15, 0.2) is 17.3 Å². The molecule has 0 bridgehead atoms. The van der Waals surface area contributed by atoms with E-state index < -0.39 is 0 Å². The van der Waals surface area contributed by atoms with Crippen LogP contribution in [-0.2, 0) is 13.1 Å². The van der Waals surface area contributed by atoms with E-state index in [2.05, 4.69) is 15.9 Å². The Labute approximate surface area is 207 Å². The Morgan fingerprint density at radius 2 is 1.69 bits per heavy atom. The number of nitrogens with zero attached hydrogens (tertiary/aromatic N) is 2. The Morgan fingerprint density at radius 1 is 0.917 bits per heavy atom. The van der Waals surface area contributed by atoms with E-state index in [0.717, 1.165) is 44.2 Å². The molecule has 1 saturated heterocycles. The van der Waals surface area contributed by atoms with Crippen LogP contribution in [0.25, 0.3) is 6.08 Å². The second-order valence-corrected chi connectivity index (χ2v) is 9.17. The SMILES string of the molecule is O=C1/C(=C/c2cccc(F)c2)Oc2c1ccc(O)c2CN1CCN(Cc2ccc3c(c2)OCO3)CC1. The number of Topliss-reactive ketones (excluding diaryl/α,β-unsaturated/α-hetero) is 1. The third kappa shape index (κ3) is 4.41. The maximum atomic E-state index is 13.6. The van der Waals surface area contributed by atoms with E-state index in [1.807, 2.05) is 12.1 Å². The number of halogens is 1. The van der Waals surface area contributed by atoms with E-state index in [1.54, 1.807) is 18.2 Å². The van der Waals surface area contributed by atoms with Crippen molar-refractivity contribution >= 4 is 11.9 Å². The van der Waals surface area contributed by atoms with Crippen LogP contribution >= 0.6 is 0 Å². The summed E-state index contributed by atoms with van der Waals surface area (Å²) in [5, 5.41) is 10.6. The van der Waals surface area contributed by atoms with E-state index in [-0.39, 0.29) is 29.9 Å². The number of phenols is 1. The summed E-state index contributed by atoms with van der Waals surface area (Å²) in [5.41, 5.74) is 2.71. The fraction of sp³-hybridized carbons (Fsp3) is 0.250. The maximum Gasteiger partial charge on any atom is 0.231 e. The summed E-state index contributed by atoms with van der Waals surface area (Å²) in [4.78, 5) is 17.5. The molecule has 3 aliphatic heterocycles. The second-order valence-electron chi connectivity index (χ2n) is 9.17. The molecule has 3 aromatic carbocycles. The Balaban J connectivity index is 1.13. The van der Waals surface area contributed by atoms with Crippen molar-refractivity contribution in [3.8, 4) is 23.0 Å². The van der Waals surface area contributed by atoms with Crippen LogP contribution in [0.15, 0.2) is 60.4 Å². The summed E-state index contributed by atoms with van der Waals surface area (Å²) in [6, 6.07) is 15.1. The zero-order chi connectivity index (χ0) is 24.6. The zero-order valence-corrected chi connectivity index (χ0v) is 19.6. The smallest absolute Gasteiger partial charge is 0.231 e. The quantitative estimate of drug-likeness (QED) is 0.540. The minimum Gasteiger partial charge on any atom is -0.507 e. The highest BCUT2D eigenvalue weighted by atomic mass is 19.1. The lowest BCUT2D eigenvalue weighted by Crippen LogP contribution is -2.45. The van der Waals surface area contributed by atoms with Gasteiger partial charge < -0.3 is 19.3 Å². The third-order valence-corrected chi connectivity index (χ3v) is 6.75. The van der Waals surface area contributed by atoms with Gasteiger partial charge in [0.2, 0.25) is 12.6 Å². The molecule has 6 rings (SSSR count). The number of benzene rings is 3. The van der Waals surface area contributed by atoms with E-state index in [1.165, 1.54) is 29.8 Å². The summed E-state index contributed by atoms with van der Waals surface area (Å²) in [6.07, 6.45) is 1.53. The topological polar surface area (TPSA) is 71.5 Å². The number of hydrogen-bond donors (Lipinski definition) is 1. The molecule has 1 fully saturated rings. The molecule has 0 spiro atoms. The number of piperazine rings is 1. The first-order valence-electron chi connectivity index (χ1n) is 11.9. The molecule has 0 saturated carbocycles. The van der Waals surface area contributed by atoms with Crippen LogP contribution < -0.4 is 14.2 Å². The summed E-state index contributed by atoms with van der Waals surface area (Å²) in [6.45, 7) is 4.92. The molecule has 0 aromatic heterocycles. The van der Waals surface area contributed by atoms with Crippen molar-refractivity contribution < 1.29 is 28.5 Å². The molecule has 0 amide bonds. The average Bonchev–Trinajstić information content (AvgIpc) is 3.46. The molecular formula is C28H25FN2O5. The first-order chi connectivity index (χ1) is 17.5. The van der Waals surface area contributed by atoms with Gasteiger partial charge >= 0.3 is 0 Å². The van der Waals surface area contributed by atoms with Gasteiger partial charge in [0.05, 0.1) is 11.1 Å². The van der Waals surface area contributed by atoms with Gasteiger partial charge in [-0.15, -0.1) is 0 Å². The highest BCUT2D eigenvalue weighted by Gasteiger charge is 2.32. The van der Waals surface area contributed by atoms with Gasteiger partial charge in [-0.05, 0) is 53.6 Å². The van der Waals surface area contributed by atoms with Crippen LogP contribution in [0.1, 0.15) is 27.0 Å². The number of allylic oxidation sites excluding steroid dienone is 1. The Hall–Kier alpha value is -3.88. The second kappa shape index (κ2) is 9.29. The fourth-order valence-electron chi connectivity index (χ4n) is 4.82. The molecule has 0 aliphatic carbocycles. The molecule has 36 heavy (non-hydrogen) atoms. The number of ether oxygens (including phenoxy) is 3. The predicted octanol–water partition coefficient (Wildman–Crippen LogP) is 4.19. The van der Waals surface area contributed by atoms with E-state index in [9.17, 15) is 14.3 Å². The summed E-state index contributed by atoms with van der Waals surface area (Å²) >= 11 is 0. The monoisotopic (exact) mass is 488 g/mol. The molecule has 1 N–H and O–H groups in total. The van der Waals surface area contributed by atoms with Gasteiger partial charge in [-0.2, -0.15) is 0 Å². The van der Waals surface area contributed by atoms with Gasteiger partial charge in [-0.1, -0.05) is 18.2 Å². The molecule has 3 aliphatic rings. The number of hydrogen-bond acceptors (Lipinski definition) is 7. The van der Waals surface area contributed by atoms with Crippen molar-refractivity contribution in [2.45, 2.75) is 13.1 Å². The summed E-state index contributed by atoms with van der Waals surface area (Å²) in [7, 11) is 0. The number of fused-ring (bicyclic) bond motifs is 2. The predicted molar refractivity (Wildman–Crippen MR) is 131 cm³/mol. The number of rotatable bonds is 5. The number of aromatic hydroxyl groups is 1. The van der Waals surface area contributed by atoms with Crippen molar-refractivity contribution in [2.75, 3.05) is 33.0 Å². The van der Waals surface area contributed by atoms with Crippen LogP contribution in [-0.4, -0.2) is 53.7 Å². The minimum atomic E-state index is -0.386. The first kappa shape index (κ1) is 22.6. The minimum absolute atomic E-state index is 0.0938. The van der Waals surface area contributed by atoms with Crippen molar-refractivity contribution in [1.29, 1.82) is 0 Å². The Morgan fingerprint density at radius 3 is 2.50 bits per heavy atom.